The highest BCUT2D eigenvalue weighted by Crippen LogP contribution is 2.19. The number of carbonyl (C=O) groups excluding carboxylic acids is 1. The Bertz CT molecular complexity index is 512. The molecule has 0 saturated heterocycles. The summed E-state index contributed by atoms with van der Waals surface area (Å²) >= 11 is 6.13. The number of nitrogens with one attached hydrogen (secondary N) is 1. The molecule has 21 heavy (non-hydrogen) atoms. The van der Waals surface area contributed by atoms with E-state index >= 15 is 0 Å². The predicted molar refractivity (Wildman–Crippen MR) is 89.7 cm³/mol. The molecule has 0 unspecified atom stereocenters. The Hall–Kier alpha value is -1.32. The SMILES string of the molecule is C=C(CNCC)N(CC(C)C)C(=O)c1ccc(C)c(Cl)c1. The van der Waals surface area contributed by atoms with Crippen LogP contribution in [0.3, 0.4) is 0 Å². The average Bonchev–Trinajstić information content (AvgIpc) is 2.44. The van der Waals surface area contributed by atoms with Crippen LogP contribution in [0, 0.1) is 12.8 Å². The molecule has 1 N–H and O–H groups in total. The van der Waals surface area contributed by atoms with Crippen molar-refractivity contribution in [2.45, 2.75) is 27.7 Å². The monoisotopic (exact) mass is 308 g/mol. The fourth-order valence-electron chi connectivity index (χ4n) is 1.97. The molecule has 0 saturated carbocycles. The molecule has 0 aliphatic heterocycles. The molecule has 0 aromatic heterocycles. The van der Waals surface area contributed by atoms with Crippen LogP contribution in [0.4, 0.5) is 0 Å². The van der Waals surface area contributed by atoms with Crippen LogP contribution in [0.1, 0.15) is 36.7 Å². The van der Waals surface area contributed by atoms with Crippen molar-refractivity contribution in [2.75, 3.05) is 19.6 Å². The lowest BCUT2D eigenvalue weighted by atomic mass is 10.1. The van der Waals surface area contributed by atoms with Gasteiger partial charge >= 0.3 is 0 Å². The summed E-state index contributed by atoms with van der Waals surface area (Å²) in [7, 11) is 0. The Labute approximate surface area is 133 Å². The Morgan fingerprint density at radius 3 is 2.62 bits per heavy atom. The summed E-state index contributed by atoms with van der Waals surface area (Å²) in [5.41, 5.74) is 2.35. The van der Waals surface area contributed by atoms with E-state index in [1.54, 1.807) is 11.0 Å². The number of amides is 1. The van der Waals surface area contributed by atoms with Gasteiger partial charge in [0.2, 0.25) is 0 Å². The molecule has 0 fully saturated rings. The highest BCUT2D eigenvalue weighted by Gasteiger charge is 2.20. The fraction of sp³-hybridized carbons (Fsp3) is 0.471. The van der Waals surface area contributed by atoms with Crippen LogP contribution in [-0.4, -0.2) is 30.4 Å². The molecular weight excluding hydrogens is 284 g/mol. The van der Waals surface area contributed by atoms with Crippen molar-refractivity contribution in [2.24, 2.45) is 5.92 Å². The van der Waals surface area contributed by atoms with Gasteiger partial charge < -0.3 is 10.2 Å². The van der Waals surface area contributed by atoms with E-state index in [4.69, 9.17) is 11.6 Å². The van der Waals surface area contributed by atoms with Crippen molar-refractivity contribution in [1.82, 2.24) is 10.2 Å². The third kappa shape index (κ3) is 5.18. The Morgan fingerprint density at radius 2 is 2.10 bits per heavy atom. The molecule has 1 aromatic rings. The van der Waals surface area contributed by atoms with Crippen LogP contribution >= 0.6 is 11.6 Å². The number of halogens is 1. The van der Waals surface area contributed by atoms with Crippen LogP contribution in [0.15, 0.2) is 30.5 Å². The molecule has 0 aliphatic carbocycles. The van der Waals surface area contributed by atoms with Gasteiger partial charge in [-0.2, -0.15) is 0 Å². The minimum Gasteiger partial charge on any atom is -0.312 e. The molecule has 0 aliphatic rings. The maximum atomic E-state index is 12.7. The van der Waals surface area contributed by atoms with Crippen LogP contribution < -0.4 is 5.32 Å². The summed E-state index contributed by atoms with van der Waals surface area (Å²) in [6, 6.07) is 5.42. The number of benzene rings is 1. The first-order chi connectivity index (χ1) is 9.86. The van der Waals surface area contributed by atoms with Crippen LogP contribution in [0.2, 0.25) is 5.02 Å². The third-order valence-electron chi connectivity index (χ3n) is 3.17. The number of nitrogens with zero attached hydrogens (tertiary/aromatic N) is 1. The number of rotatable bonds is 7. The molecule has 1 aromatic carbocycles. The van der Waals surface area contributed by atoms with Gasteiger partial charge in [-0.15, -0.1) is 0 Å². The minimum absolute atomic E-state index is 0.0477. The first-order valence-corrected chi connectivity index (χ1v) is 7.71. The highest BCUT2D eigenvalue weighted by atomic mass is 35.5. The molecule has 0 bridgehead atoms. The number of hydrogen-bond acceptors (Lipinski definition) is 2. The lowest BCUT2D eigenvalue weighted by molar-refractivity contribution is 0.0787. The van der Waals surface area contributed by atoms with Gasteiger partial charge in [-0.05, 0) is 37.1 Å². The summed E-state index contributed by atoms with van der Waals surface area (Å²) in [5, 5.41) is 3.82. The first kappa shape index (κ1) is 17.7. The fourth-order valence-corrected chi connectivity index (χ4v) is 2.15. The van der Waals surface area contributed by atoms with Crippen molar-refractivity contribution >= 4 is 17.5 Å². The van der Waals surface area contributed by atoms with E-state index in [0.717, 1.165) is 17.8 Å². The van der Waals surface area contributed by atoms with Crippen LogP contribution in [-0.2, 0) is 0 Å². The number of likely N-dealkylation sites (N-methyl/N-ethyl adjacent to an activating group) is 1. The van der Waals surface area contributed by atoms with Gasteiger partial charge in [-0.3, -0.25) is 4.79 Å². The van der Waals surface area contributed by atoms with E-state index in [1.165, 1.54) is 0 Å². The predicted octanol–water partition coefficient (Wildman–Crippen LogP) is 3.87. The molecule has 116 valence electrons. The molecule has 1 rings (SSSR count). The van der Waals surface area contributed by atoms with Crippen LogP contribution in [0.25, 0.3) is 0 Å². The topological polar surface area (TPSA) is 32.3 Å². The lowest BCUT2D eigenvalue weighted by Gasteiger charge is -2.27. The summed E-state index contributed by atoms with van der Waals surface area (Å²) in [6.45, 7) is 14.3. The van der Waals surface area contributed by atoms with E-state index in [0.29, 0.717) is 29.6 Å². The second-order valence-corrected chi connectivity index (χ2v) is 6.03. The Balaban J connectivity index is 2.98. The zero-order valence-electron chi connectivity index (χ0n) is 13.4. The summed E-state index contributed by atoms with van der Waals surface area (Å²) in [6.07, 6.45) is 0. The zero-order valence-corrected chi connectivity index (χ0v) is 14.1. The van der Waals surface area contributed by atoms with E-state index in [1.807, 2.05) is 26.0 Å². The molecule has 4 heteroatoms. The number of carbonyl (C=O) groups is 1. The Morgan fingerprint density at radius 1 is 1.43 bits per heavy atom. The van der Waals surface area contributed by atoms with E-state index in [9.17, 15) is 4.79 Å². The van der Waals surface area contributed by atoms with Crippen LogP contribution in [0.5, 0.6) is 0 Å². The van der Waals surface area contributed by atoms with Gasteiger partial charge in [-0.25, -0.2) is 0 Å². The van der Waals surface area contributed by atoms with Gasteiger partial charge in [0, 0.05) is 29.4 Å². The van der Waals surface area contributed by atoms with Crippen molar-refractivity contribution in [1.29, 1.82) is 0 Å². The molecule has 0 radical (unpaired) electrons. The average molecular weight is 309 g/mol. The lowest BCUT2D eigenvalue weighted by Crippen LogP contribution is -2.37. The molecule has 0 atom stereocenters. The standard InChI is InChI=1S/C17H25ClN2O/c1-6-19-10-14(5)20(11-12(2)3)17(21)15-8-7-13(4)16(18)9-15/h7-9,12,19H,5-6,10-11H2,1-4H3. The second-order valence-electron chi connectivity index (χ2n) is 5.62. The maximum absolute atomic E-state index is 12.7. The van der Waals surface area contributed by atoms with Gasteiger partial charge in [-0.1, -0.05) is 45.0 Å². The molecule has 0 spiro atoms. The summed E-state index contributed by atoms with van der Waals surface area (Å²) < 4.78 is 0. The molecular formula is C17H25ClN2O. The van der Waals surface area contributed by atoms with Crippen molar-refractivity contribution in [3.63, 3.8) is 0 Å². The Kier molecular flexibility index (Phi) is 6.93. The van der Waals surface area contributed by atoms with Crippen molar-refractivity contribution in [3.8, 4) is 0 Å². The van der Waals surface area contributed by atoms with E-state index in [2.05, 4.69) is 25.7 Å². The quantitative estimate of drug-likeness (QED) is 0.829. The van der Waals surface area contributed by atoms with Crippen molar-refractivity contribution < 1.29 is 4.79 Å². The highest BCUT2D eigenvalue weighted by molar-refractivity contribution is 6.31. The third-order valence-corrected chi connectivity index (χ3v) is 3.58. The van der Waals surface area contributed by atoms with Gasteiger partial charge in [0.1, 0.15) is 0 Å². The number of hydrogen-bond donors (Lipinski definition) is 1. The van der Waals surface area contributed by atoms with Gasteiger partial charge in [0.05, 0.1) is 0 Å². The summed E-state index contributed by atoms with van der Waals surface area (Å²) in [4.78, 5) is 14.5. The minimum atomic E-state index is -0.0477. The molecule has 0 heterocycles. The largest absolute Gasteiger partial charge is 0.312 e. The maximum Gasteiger partial charge on any atom is 0.258 e. The number of aryl methyl sites for hydroxylation is 1. The van der Waals surface area contributed by atoms with E-state index < -0.39 is 0 Å². The van der Waals surface area contributed by atoms with Gasteiger partial charge in [0.25, 0.3) is 5.91 Å². The normalized spacial score (nSPS) is 10.8. The first-order valence-electron chi connectivity index (χ1n) is 7.33. The summed E-state index contributed by atoms with van der Waals surface area (Å²) in [5.74, 6) is 0.321. The smallest absolute Gasteiger partial charge is 0.258 e. The van der Waals surface area contributed by atoms with Gasteiger partial charge in [0.15, 0.2) is 0 Å². The zero-order chi connectivity index (χ0) is 16.0. The van der Waals surface area contributed by atoms with E-state index in [-0.39, 0.29) is 5.91 Å². The molecule has 3 nitrogen and oxygen atoms in total. The second kappa shape index (κ2) is 8.20. The van der Waals surface area contributed by atoms with Crippen molar-refractivity contribution in [3.05, 3.63) is 46.6 Å². The molecule has 1 amide bonds.